The van der Waals surface area contributed by atoms with Crippen LogP contribution >= 0.6 is 0 Å². The minimum Gasteiger partial charge on any atom is -0.502 e. The quantitative estimate of drug-likeness (QED) is 0.455. The number of ether oxygens (including phenoxy) is 3. The maximum Gasteiger partial charge on any atom is 0.311 e. The number of carbonyl (C=O) groups excluding carboxylic acids is 1. The van der Waals surface area contributed by atoms with E-state index in [0.29, 0.717) is 12.0 Å². The molecule has 6 heteroatoms. The molecule has 2 rings (SSSR count). The third-order valence-electron chi connectivity index (χ3n) is 2.61. The van der Waals surface area contributed by atoms with E-state index in [0.717, 1.165) is 0 Å². The van der Waals surface area contributed by atoms with Crippen LogP contribution in [-0.4, -0.2) is 30.4 Å². The Morgan fingerprint density at radius 1 is 1.06 bits per heavy atom. The number of esters is 1. The third-order valence-corrected chi connectivity index (χ3v) is 2.61. The van der Waals surface area contributed by atoms with Crippen LogP contribution in [0, 0.1) is 0 Å². The molecule has 2 N–H and O–H groups in total. The number of carbonyl (C=O) groups is 1. The van der Waals surface area contributed by atoms with Gasteiger partial charge in [0.2, 0.25) is 17.2 Å². The number of benzene rings is 1. The zero-order valence-electron chi connectivity index (χ0n) is 9.44. The lowest BCUT2D eigenvalue weighted by Crippen LogP contribution is -2.17. The molecule has 0 aromatic heterocycles. The molecule has 92 valence electrons. The fourth-order valence-corrected chi connectivity index (χ4v) is 1.84. The monoisotopic (exact) mass is 240 g/mol. The Kier molecular flexibility index (Phi) is 2.71. The number of fused-ring (bicyclic) bond motifs is 1. The van der Waals surface area contributed by atoms with Crippen molar-refractivity contribution in [3.8, 4) is 28.7 Å². The van der Waals surface area contributed by atoms with Crippen molar-refractivity contribution in [2.75, 3.05) is 14.2 Å². The van der Waals surface area contributed by atoms with Crippen LogP contribution in [0.3, 0.4) is 0 Å². The summed E-state index contributed by atoms with van der Waals surface area (Å²) in [4.78, 5) is 11.2. The number of hydrogen-bond acceptors (Lipinski definition) is 6. The number of aromatic hydroxyl groups is 2. The molecule has 0 radical (unpaired) electrons. The van der Waals surface area contributed by atoms with Gasteiger partial charge in [0.15, 0.2) is 11.5 Å². The third kappa shape index (κ3) is 1.61. The van der Waals surface area contributed by atoms with E-state index < -0.39 is 17.5 Å². The van der Waals surface area contributed by atoms with Crippen molar-refractivity contribution < 1.29 is 29.2 Å². The highest BCUT2D eigenvalue weighted by Crippen LogP contribution is 2.53. The van der Waals surface area contributed by atoms with E-state index in [4.69, 9.17) is 14.2 Å². The minimum atomic E-state index is -0.502. The maximum absolute atomic E-state index is 11.2. The smallest absolute Gasteiger partial charge is 0.311 e. The lowest BCUT2D eigenvalue weighted by atomic mass is 10.0. The van der Waals surface area contributed by atoms with Crippen molar-refractivity contribution >= 4 is 5.97 Å². The average molecular weight is 240 g/mol. The van der Waals surface area contributed by atoms with Crippen molar-refractivity contribution in [3.63, 3.8) is 0 Å². The molecule has 0 fully saturated rings. The summed E-state index contributed by atoms with van der Waals surface area (Å²) in [6.07, 6.45) is 0.554. The molecule has 1 aliphatic heterocycles. The molecule has 6 nitrogen and oxygen atoms in total. The largest absolute Gasteiger partial charge is 0.502 e. The minimum absolute atomic E-state index is 0.0636. The summed E-state index contributed by atoms with van der Waals surface area (Å²) in [6.45, 7) is 0. The molecule has 1 heterocycles. The van der Waals surface area contributed by atoms with E-state index in [2.05, 4.69) is 0 Å². The van der Waals surface area contributed by atoms with Gasteiger partial charge in [-0.2, -0.15) is 0 Å². The van der Waals surface area contributed by atoms with Gasteiger partial charge in [-0.15, -0.1) is 0 Å². The van der Waals surface area contributed by atoms with Gasteiger partial charge in [0, 0.05) is 5.56 Å². The first-order chi connectivity index (χ1) is 8.10. The topological polar surface area (TPSA) is 85.2 Å². The Balaban J connectivity index is 2.72. The Hall–Kier alpha value is -2.11. The van der Waals surface area contributed by atoms with Crippen molar-refractivity contribution in [1.29, 1.82) is 0 Å². The van der Waals surface area contributed by atoms with Gasteiger partial charge in [-0.25, -0.2) is 0 Å². The summed E-state index contributed by atoms with van der Waals surface area (Å²) in [5.41, 5.74) is 0.513. The van der Waals surface area contributed by atoms with Gasteiger partial charge >= 0.3 is 5.97 Å². The van der Waals surface area contributed by atoms with Crippen molar-refractivity contribution in [1.82, 2.24) is 0 Å². The molecule has 1 aromatic rings. The molecular formula is C11H12O6. The number of phenolic OH excluding ortho intramolecular Hbond substituents is 2. The van der Waals surface area contributed by atoms with Crippen molar-refractivity contribution in [2.24, 2.45) is 0 Å². The van der Waals surface area contributed by atoms with E-state index in [1.165, 1.54) is 14.2 Å². The highest BCUT2D eigenvalue weighted by atomic mass is 16.6. The molecule has 0 atom stereocenters. The summed E-state index contributed by atoms with van der Waals surface area (Å²) >= 11 is 0. The summed E-state index contributed by atoms with van der Waals surface area (Å²) in [7, 11) is 2.67. The van der Waals surface area contributed by atoms with Crippen LogP contribution in [0.5, 0.6) is 28.7 Å². The first kappa shape index (κ1) is 11.4. The fourth-order valence-electron chi connectivity index (χ4n) is 1.84. The lowest BCUT2D eigenvalue weighted by Gasteiger charge is -2.22. The predicted molar refractivity (Wildman–Crippen MR) is 56.8 cm³/mol. The Morgan fingerprint density at radius 3 is 2.24 bits per heavy atom. The summed E-state index contributed by atoms with van der Waals surface area (Å²) in [6, 6.07) is 0. The van der Waals surface area contributed by atoms with Gasteiger partial charge in [0.25, 0.3) is 0 Å². The van der Waals surface area contributed by atoms with Crippen LogP contribution in [0.1, 0.15) is 12.0 Å². The van der Waals surface area contributed by atoms with Crippen LogP contribution in [0.15, 0.2) is 0 Å². The Labute approximate surface area is 97.3 Å². The number of hydrogen-bond donors (Lipinski definition) is 2. The molecule has 0 amide bonds. The van der Waals surface area contributed by atoms with Crippen LogP contribution in [0.25, 0.3) is 0 Å². The number of methoxy groups -OCH3 is 2. The summed E-state index contributed by atoms with van der Waals surface area (Å²) in [5, 5.41) is 19.4. The molecule has 0 saturated heterocycles. The van der Waals surface area contributed by atoms with E-state index in [-0.39, 0.29) is 23.7 Å². The average Bonchev–Trinajstić information content (AvgIpc) is 2.32. The van der Waals surface area contributed by atoms with Gasteiger partial charge in [0.1, 0.15) is 0 Å². The van der Waals surface area contributed by atoms with Gasteiger partial charge < -0.3 is 24.4 Å². The molecule has 0 saturated carbocycles. The second kappa shape index (κ2) is 4.04. The fraction of sp³-hybridized carbons (Fsp3) is 0.364. The molecule has 0 bridgehead atoms. The van der Waals surface area contributed by atoms with Gasteiger partial charge in [0.05, 0.1) is 20.6 Å². The predicted octanol–water partition coefficient (Wildman–Crippen LogP) is 0.967. The highest BCUT2D eigenvalue weighted by Gasteiger charge is 2.31. The molecule has 1 aliphatic rings. The van der Waals surface area contributed by atoms with Gasteiger partial charge in [-0.3, -0.25) is 4.79 Å². The Bertz CT molecular complexity index is 480. The summed E-state index contributed by atoms with van der Waals surface area (Å²) < 4.78 is 14.9. The molecular weight excluding hydrogens is 228 g/mol. The standard InChI is InChI=1S/C11H12O6/c1-15-9-5-3-4-6(12)17-10(5)11(16-2)8(14)7(9)13/h13-14H,3-4H2,1-2H3. The maximum atomic E-state index is 11.2. The molecule has 0 unspecified atom stereocenters. The number of rotatable bonds is 2. The number of phenols is 2. The second-order valence-corrected chi connectivity index (χ2v) is 3.55. The van der Waals surface area contributed by atoms with E-state index >= 15 is 0 Å². The first-order valence-electron chi connectivity index (χ1n) is 4.99. The van der Waals surface area contributed by atoms with Gasteiger partial charge in [-0.05, 0) is 6.42 Å². The molecule has 1 aromatic carbocycles. The SMILES string of the molecule is COc1c(O)c(O)c(OC)c2c1CCC(=O)O2. The summed E-state index contributed by atoms with van der Waals surface area (Å²) in [5.74, 6) is -1.19. The zero-order chi connectivity index (χ0) is 12.6. The van der Waals surface area contributed by atoms with Crippen molar-refractivity contribution in [2.45, 2.75) is 12.8 Å². The Morgan fingerprint density at radius 2 is 1.65 bits per heavy atom. The van der Waals surface area contributed by atoms with E-state index in [1.54, 1.807) is 0 Å². The molecule has 0 spiro atoms. The van der Waals surface area contributed by atoms with Gasteiger partial charge in [-0.1, -0.05) is 0 Å². The van der Waals surface area contributed by atoms with Crippen LogP contribution in [0.4, 0.5) is 0 Å². The zero-order valence-corrected chi connectivity index (χ0v) is 9.44. The highest BCUT2D eigenvalue weighted by molar-refractivity contribution is 5.80. The van der Waals surface area contributed by atoms with Crippen molar-refractivity contribution in [3.05, 3.63) is 5.56 Å². The molecule has 17 heavy (non-hydrogen) atoms. The van der Waals surface area contributed by atoms with Crippen LogP contribution in [-0.2, 0) is 11.2 Å². The normalized spacial score (nSPS) is 13.9. The van der Waals surface area contributed by atoms with E-state index in [9.17, 15) is 15.0 Å². The first-order valence-corrected chi connectivity index (χ1v) is 4.99. The lowest BCUT2D eigenvalue weighted by molar-refractivity contribution is -0.135. The second-order valence-electron chi connectivity index (χ2n) is 3.55. The van der Waals surface area contributed by atoms with Crippen LogP contribution < -0.4 is 14.2 Å². The van der Waals surface area contributed by atoms with E-state index in [1.807, 2.05) is 0 Å². The molecule has 0 aliphatic carbocycles. The van der Waals surface area contributed by atoms with Crippen LogP contribution in [0.2, 0.25) is 0 Å².